The number of anilines is 1. The first-order chi connectivity index (χ1) is 8.15. The van der Waals surface area contributed by atoms with Crippen LogP contribution in [0.15, 0.2) is 18.2 Å². The van der Waals surface area contributed by atoms with Gasteiger partial charge in [0.1, 0.15) is 5.82 Å². The van der Waals surface area contributed by atoms with E-state index in [0.29, 0.717) is 12.2 Å². The molecule has 0 N–H and O–H groups in total. The predicted molar refractivity (Wildman–Crippen MR) is 62.6 cm³/mol. The van der Waals surface area contributed by atoms with Gasteiger partial charge in [0, 0.05) is 6.54 Å². The number of Topliss-reactive ketones (excluding diaryl/α,β-unsaturated/α-hetero) is 1. The second-order valence-electron chi connectivity index (χ2n) is 4.15. The highest BCUT2D eigenvalue weighted by Crippen LogP contribution is 2.29. The van der Waals surface area contributed by atoms with Crippen molar-refractivity contribution in [1.29, 1.82) is 0 Å². The Balaban J connectivity index is 2.25. The molecule has 2 rings (SSSR count). The molecule has 1 aromatic rings. The molecule has 0 aromatic heterocycles. The lowest BCUT2D eigenvalue weighted by molar-refractivity contribution is -0.114. The number of unbranched alkanes of at least 4 members (excludes halogenated alkanes) is 2. The smallest absolute Gasteiger partial charge is 0.299 e. The Morgan fingerprint density at radius 2 is 2.00 bits per heavy atom. The molecule has 1 aromatic carbocycles. The van der Waals surface area contributed by atoms with E-state index >= 15 is 0 Å². The molecule has 90 valence electrons. The topological polar surface area (TPSA) is 37.4 Å². The average Bonchev–Trinajstić information content (AvgIpc) is 2.54. The van der Waals surface area contributed by atoms with Crippen molar-refractivity contribution < 1.29 is 14.0 Å². The molecule has 0 bridgehead atoms. The summed E-state index contributed by atoms with van der Waals surface area (Å²) in [4.78, 5) is 24.8. The van der Waals surface area contributed by atoms with E-state index in [4.69, 9.17) is 0 Å². The van der Waals surface area contributed by atoms with Gasteiger partial charge in [-0.15, -0.1) is 0 Å². The van der Waals surface area contributed by atoms with Gasteiger partial charge in [-0.25, -0.2) is 4.39 Å². The van der Waals surface area contributed by atoms with E-state index in [1.165, 1.54) is 17.0 Å². The molecule has 0 atom stereocenters. The second kappa shape index (κ2) is 4.65. The van der Waals surface area contributed by atoms with Gasteiger partial charge in [0.2, 0.25) is 0 Å². The van der Waals surface area contributed by atoms with E-state index in [0.717, 1.165) is 25.3 Å². The van der Waals surface area contributed by atoms with Crippen molar-refractivity contribution in [2.24, 2.45) is 0 Å². The molecule has 0 radical (unpaired) electrons. The van der Waals surface area contributed by atoms with Crippen LogP contribution in [0, 0.1) is 5.82 Å². The lowest BCUT2D eigenvalue weighted by Gasteiger charge is -2.15. The molecule has 1 heterocycles. The number of amides is 1. The van der Waals surface area contributed by atoms with E-state index < -0.39 is 17.5 Å². The molecule has 0 fully saturated rings. The first-order valence-electron chi connectivity index (χ1n) is 5.81. The Morgan fingerprint density at radius 3 is 2.71 bits per heavy atom. The summed E-state index contributed by atoms with van der Waals surface area (Å²) in [5.74, 6) is -1.63. The summed E-state index contributed by atoms with van der Waals surface area (Å²) in [6, 6.07) is 3.91. The number of benzene rings is 1. The molecule has 3 nitrogen and oxygen atoms in total. The molecule has 0 spiro atoms. The van der Waals surface area contributed by atoms with Gasteiger partial charge >= 0.3 is 0 Å². The summed E-state index contributed by atoms with van der Waals surface area (Å²) in [5.41, 5.74) is 0.726. The molecule has 0 saturated carbocycles. The van der Waals surface area contributed by atoms with Crippen LogP contribution in [-0.2, 0) is 4.79 Å². The van der Waals surface area contributed by atoms with Crippen molar-refractivity contribution in [3.8, 4) is 0 Å². The number of nitrogens with zero attached hydrogens (tertiary/aromatic N) is 1. The largest absolute Gasteiger partial charge is 0.305 e. The van der Waals surface area contributed by atoms with E-state index in [2.05, 4.69) is 6.92 Å². The number of rotatable bonds is 4. The van der Waals surface area contributed by atoms with Gasteiger partial charge in [0.05, 0.1) is 11.3 Å². The number of carbonyl (C=O) groups is 2. The highest BCUT2D eigenvalue weighted by molar-refractivity contribution is 6.52. The number of halogens is 1. The van der Waals surface area contributed by atoms with Crippen molar-refractivity contribution in [2.45, 2.75) is 26.2 Å². The third kappa shape index (κ3) is 2.07. The lowest BCUT2D eigenvalue weighted by Crippen LogP contribution is -2.30. The molecular formula is C13H14FNO2. The van der Waals surface area contributed by atoms with Gasteiger partial charge in [-0.1, -0.05) is 19.8 Å². The number of ketones is 1. The molecule has 0 saturated heterocycles. The van der Waals surface area contributed by atoms with Gasteiger partial charge in [-0.2, -0.15) is 0 Å². The zero-order valence-corrected chi connectivity index (χ0v) is 9.70. The lowest BCUT2D eigenvalue weighted by atomic mass is 10.1. The van der Waals surface area contributed by atoms with Crippen LogP contribution in [0.2, 0.25) is 0 Å². The van der Waals surface area contributed by atoms with Gasteiger partial charge in [-0.05, 0) is 24.6 Å². The minimum Gasteiger partial charge on any atom is -0.305 e. The fourth-order valence-electron chi connectivity index (χ4n) is 2.01. The van der Waals surface area contributed by atoms with Crippen molar-refractivity contribution in [3.05, 3.63) is 29.6 Å². The number of hydrogen-bond donors (Lipinski definition) is 0. The Labute approximate surface area is 99.2 Å². The zero-order chi connectivity index (χ0) is 12.4. The maximum atomic E-state index is 13.0. The molecule has 0 aliphatic carbocycles. The molecule has 17 heavy (non-hydrogen) atoms. The Kier molecular flexibility index (Phi) is 3.22. The minimum atomic E-state index is -0.601. The van der Waals surface area contributed by atoms with Gasteiger partial charge in [-0.3, -0.25) is 9.59 Å². The van der Waals surface area contributed by atoms with E-state index in [-0.39, 0.29) is 5.56 Å². The molecule has 1 aliphatic rings. The number of hydrogen-bond acceptors (Lipinski definition) is 2. The molecule has 4 heteroatoms. The highest BCUT2D eigenvalue weighted by atomic mass is 19.1. The van der Waals surface area contributed by atoms with E-state index in [1.54, 1.807) is 0 Å². The maximum absolute atomic E-state index is 13.0. The quantitative estimate of drug-likeness (QED) is 0.594. The second-order valence-corrected chi connectivity index (χ2v) is 4.15. The highest BCUT2D eigenvalue weighted by Gasteiger charge is 2.35. The normalized spacial score (nSPS) is 14.4. The Morgan fingerprint density at radius 1 is 1.24 bits per heavy atom. The van der Waals surface area contributed by atoms with Crippen LogP contribution < -0.4 is 4.90 Å². The molecule has 0 unspecified atom stereocenters. The molecule has 1 amide bonds. The summed E-state index contributed by atoms with van der Waals surface area (Å²) >= 11 is 0. The van der Waals surface area contributed by atoms with Crippen molar-refractivity contribution in [3.63, 3.8) is 0 Å². The van der Waals surface area contributed by atoms with Crippen LogP contribution in [0.5, 0.6) is 0 Å². The third-order valence-corrected chi connectivity index (χ3v) is 2.92. The summed E-state index contributed by atoms with van der Waals surface area (Å²) in [6.45, 7) is 2.59. The monoisotopic (exact) mass is 235 g/mol. The van der Waals surface area contributed by atoms with Crippen LogP contribution in [0.1, 0.15) is 36.5 Å². The zero-order valence-electron chi connectivity index (χ0n) is 9.70. The molecular weight excluding hydrogens is 221 g/mol. The standard InChI is InChI=1S/C13H14FNO2/c1-2-3-4-7-15-11-6-5-9(14)8-10(11)12(16)13(15)17/h5-6,8H,2-4,7H2,1H3. The summed E-state index contributed by atoms with van der Waals surface area (Å²) in [7, 11) is 0. The first kappa shape index (κ1) is 11.8. The minimum absolute atomic E-state index is 0.187. The first-order valence-corrected chi connectivity index (χ1v) is 5.81. The Bertz CT molecular complexity index is 470. The van der Waals surface area contributed by atoms with E-state index in [1.807, 2.05) is 0 Å². The maximum Gasteiger partial charge on any atom is 0.299 e. The SMILES string of the molecule is CCCCCN1C(=O)C(=O)c2cc(F)ccc21. The van der Waals surface area contributed by atoms with Gasteiger partial charge in [0.15, 0.2) is 0 Å². The summed E-state index contributed by atoms with van der Waals surface area (Å²) in [6.07, 6.45) is 2.91. The fourth-order valence-corrected chi connectivity index (χ4v) is 2.01. The van der Waals surface area contributed by atoms with Crippen molar-refractivity contribution in [1.82, 2.24) is 0 Å². The number of carbonyl (C=O) groups excluding carboxylic acids is 2. The van der Waals surface area contributed by atoms with Crippen LogP contribution >= 0.6 is 0 Å². The van der Waals surface area contributed by atoms with Crippen molar-refractivity contribution >= 4 is 17.4 Å². The summed E-state index contributed by atoms with van der Waals surface area (Å²) in [5, 5.41) is 0. The number of fused-ring (bicyclic) bond motifs is 1. The van der Waals surface area contributed by atoms with Crippen LogP contribution in [0.25, 0.3) is 0 Å². The van der Waals surface area contributed by atoms with Crippen LogP contribution in [0.4, 0.5) is 10.1 Å². The van der Waals surface area contributed by atoms with Crippen LogP contribution in [-0.4, -0.2) is 18.2 Å². The van der Waals surface area contributed by atoms with E-state index in [9.17, 15) is 14.0 Å². The molecule has 1 aliphatic heterocycles. The van der Waals surface area contributed by atoms with Gasteiger partial charge < -0.3 is 4.90 Å². The average molecular weight is 235 g/mol. The summed E-state index contributed by atoms with van der Waals surface area (Å²) < 4.78 is 13.0. The van der Waals surface area contributed by atoms with Crippen molar-refractivity contribution in [2.75, 3.05) is 11.4 Å². The fraction of sp³-hybridized carbons (Fsp3) is 0.385. The Hall–Kier alpha value is -1.71. The third-order valence-electron chi connectivity index (χ3n) is 2.92. The predicted octanol–water partition coefficient (Wildman–Crippen LogP) is 2.55. The van der Waals surface area contributed by atoms with Gasteiger partial charge in [0.25, 0.3) is 11.7 Å². The van der Waals surface area contributed by atoms with Crippen LogP contribution in [0.3, 0.4) is 0 Å².